The number of aromatic nitrogens is 2. The molecular formula is C19H23N3O4. The van der Waals surface area contributed by atoms with Crippen LogP contribution in [0.1, 0.15) is 30.0 Å². The Balaban J connectivity index is 1.45. The summed E-state index contributed by atoms with van der Waals surface area (Å²) in [5, 5.41) is 2.73. The third-order valence-electron chi connectivity index (χ3n) is 4.25. The number of nitrogens with one attached hydrogen (secondary N) is 1. The van der Waals surface area contributed by atoms with Crippen LogP contribution in [0.3, 0.4) is 0 Å². The van der Waals surface area contributed by atoms with E-state index >= 15 is 0 Å². The van der Waals surface area contributed by atoms with E-state index in [-0.39, 0.29) is 18.1 Å². The van der Waals surface area contributed by atoms with Gasteiger partial charge in [-0.25, -0.2) is 4.98 Å². The zero-order valence-corrected chi connectivity index (χ0v) is 15.0. The molecule has 1 saturated carbocycles. The average molecular weight is 357 g/mol. The molecule has 138 valence electrons. The molecule has 0 atom stereocenters. The summed E-state index contributed by atoms with van der Waals surface area (Å²) in [5.41, 5.74) is 1.83. The van der Waals surface area contributed by atoms with Crippen LogP contribution in [-0.4, -0.2) is 35.7 Å². The Morgan fingerprint density at radius 2 is 2.12 bits per heavy atom. The molecule has 0 radical (unpaired) electrons. The van der Waals surface area contributed by atoms with Crippen molar-refractivity contribution in [3.05, 3.63) is 52.2 Å². The van der Waals surface area contributed by atoms with Crippen molar-refractivity contribution in [2.75, 3.05) is 20.3 Å². The topological polar surface area (TPSA) is 82.4 Å². The first-order chi connectivity index (χ1) is 12.6. The molecule has 0 unspecified atom stereocenters. The van der Waals surface area contributed by atoms with Gasteiger partial charge in [-0.1, -0.05) is 6.07 Å². The second-order valence-corrected chi connectivity index (χ2v) is 6.41. The molecule has 1 aromatic carbocycles. The van der Waals surface area contributed by atoms with Crippen molar-refractivity contribution < 1.29 is 14.3 Å². The highest BCUT2D eigenvalue weighted by Crippen LogP contribution is 2.38. The van der Waals surface area contributed by atoms with Crippen LogP contribution < -0.4 is 20.3 Å². The number of amides is 1. The first-order valence-corrected chi connectivity index (χ1v) is 8.67. The summed E-state index contributed by atoms with van der Waals surface area (Å²) >= 11 is 0. The van der Waals surface area contributed by atoms with Gasteiger partial charge in [0.05, 0.1) is 19.1 Å². The maximum Gasteiger partial charge on any atom is 0.258 e. The maximum absolute atomic E-state index is 12.0. The van der Waals surface area contributed by atoms with Gasteiger partial charge in [0.25, 0.3) is 11.5 Å². The van der Waals surface area contributed by atoms with E-state index in [9.17, 15) is 9.59 Å². The first kappa shape index (κ1) is 18.0. The summed E-state index contributed by atoms with van der Waals surface area (Å²) in [6.45, 7) is 2.54. The number of hydrogen-bond donors (Lipinski definition) is 1. The molecule has 1 N–H and O–H groups in total. The third-order valence-corrected chi connectivity index (χ3v) is 4.25. The lowest BCUT2D eigenvalue weighted by atomic mass is 10.2. The highest BCUT2D eigenvalue weighted by Gasteiger charge is 2.25. The minimum Gasteiger partial charge on any atom is -0.493 e. The number of carbonyl (C=O) groups excluding carboxylic acids is 1. The SMILES string of the molecule is COc1cc(C)ccc1OCC(=O)NCCn1cnc(C2CC2)cc1=O. The third kappa shape index (κ3) is 4.62. The van der Waals surface area contributed by atoms with Crippen molar-refractivity contribution >= 4 is 5.91 Å². The van der Waals surface area contributed by atoms with Crippen molar-refractivity contribution in [2.24, 2.45) is 0 Å². The summed E-state index contributed by atoms with van der Waals surface area (Å²) in [5.74, 6) is 1.30. The van der Waals surface area contributed by atoms with Crippen molar-refractivity contribution in [3.8, 4) is 11.5 Å². The van der Waals surface area contributed by atoms with E-state index in [2.05, 4.69) is 10.3 Å². The predicted octanol–water partition coefficient (Wildman–Crippen LogP) is 1.63. The van der Waals surface area contributed by atoms with Crippen LogP contribution in [0.5, 0.6) is 11.5 Å². The maximum atomic E-state index is 12.0. The van der Waals surface area contributed by atoms with E-state index in [1.165, 1.54) is 4.57 Å². The van der Waals surface area contributed by atoms with Gasteiger partial charge in [-0.15, -0.1) is 0 Å². The molecule has 2 aromatic rings. The number of ether oxygens (including phenoxy) is 2. The normalized spacial score (nSPS) is 13.3. The van der Waals surface area contributed by atoms with Crippen LogP contribution in [0, 0.1) is 6.92 Å². The largest absolute Gasteiger partial charge is 0.493 e. The Morgan fingerprint density at radius 3 is 2.81 bits per heavy atom. The molecule has 0 bridgehead atoms. The van der Waals surface area contributed by atoms with Crippen molar-refractivity contribution in [2.45, 2.75) is 32.2 Å². The van der Waals surface area contributed by atoms with E-state index in [1.807, 2.05) is 19.1 Å². The Hall–Kier alpha value is -2.83. The molecular weight excluding hydrogens is 334 g/mol. The highest BCUT2D eigenvalue weighted by molar-refractivity contribution is 5.77. The molecule has 0 aliphatic heterocycles. The Kier molecular flexibility index (Phi) is 5.55. The molecule has 1 aliphatic carbocycles. The lowest BCUT2D eigenvalue weighted by molar-refractivity contribution is -0.123. The minimum absolute atomic E-state index is 0.0863. The van der Waals surface area contributed by atoms with E-state index in [1.54, 1.807) is 25.6 Å². The van der Waals surface area contributed by atoms with Crippen LogP contribution in [-0.2, 0) is 11.3 Å². The number of aryl methyl sites for hydroxylation is 1. The number of hydrogen-bond acceptors (Lipinski definition) is 5. The quantitative estimate of drug-likeness (QED) is 0.776. The van der Waals surface area contributed by atoms with E-state index in [0.717, 1.165) is 24.1 Å². The molecule has 3 rings (SSSR count). The summed E-state index contributed by atoms with van der Waals surface area (Å²) < 4.78 is 12.2. The Bertz CT molecular complexity index is 843. The molecule has 1 aliphatic rings. The Morgan fingerprint density at radius 1 is 1.31 bits per heavy atom. The fourth-order valence-electron chi connectivity index (χ4n) is 2.61. The van der Waals surface area contributed by atoms with Crippen LogP contribution in [0.2, 0.25) is 0 Å². The number of rotatable bonds is 8. The van der Waals surface area contributed by atoms with Crippen molar-refractivity contribution in [3.63, 3.8) is 0 Å². The molecule has 1 heterocycles. The number of methoxy groups -OCH3 is 1. The lowest BCUT2D eigenvalue weighted by Gasteiger charge is -2.12. The van der Waals surface area contributed by atoms with Gasteiger partial charge in [0, 0.05) is 25.1 Å². The molecule has 7 heteroatoms. The first-order valence-electron chi connectivity index (χ1n) is 8.67. The number of carbonyl (C=O) groups is 1. The lowest BCUT2D eigenvalue weighted by Crippen LogP contribution is -2.33. The minimum atomic E-state index is -0.261. The van der Waals surface area contributed by atoms with Gasteiger partial charge in [0.15, 0.2) is 18.1 Å². The summed E-state index contributed by atoms with van der Waals surface area (Å²) in [7, 11) is 1.56. The van der Waals surface area contributed by atoms with Gasteiger partial charge in [-0.05, 0) is 37.5 Å². The van der Waals surface area contributed by atoms with Crippen LogP contribution in [0.4, 0.5) is 0 Å². The second-order valence-electron chi connectivity index (χ2n) is 6.41. The van der Waals surface area contributed by atoms with Gasteiger partial charge < -0.3 is 14.8 Å². The standard InChI is InChI=1S/C19H23N3O4/c1-13-3-6-16(17(9-13)25-2)26-11-18(23)20-7-8-22-12-21-15(10-19(22)24)14-4-5-14/h3,6,9-10,12,14H,4-5,7-8,11H2,1-2H3,(H,20,23). The summed E-state index contributed by atoms with van der Waals surface area (Å²) in [6, 6.07) is 7.10. The van der Waals surface area contributed by atoms with Gasteiger partial charge in [-0.2, -0.15) is 0 Å². The molecule has 0 saturated heterocycles. The average Bonchev–Trinajstić information content (AvgIpc) is 3.47. The number of nitrogens with zero attached hydrogens (tertiary/aromatic N) is 2. The predicted molar refractivity (Wildman–Crippen MR) is 96.7 cm³/mol. The zero-order chi connectivity index (χ0) is 18.5. The smallest absolute Gasteiger partial charge is 0.258 e. The van der Waals surface area contributed by atoms with E-state index in [4.69, 9.17) is 9.47 Å². The van der Waals surface area contributed by atoms with Gasteiger partial charge in [-0.3, -0.25) is 14.2 Å². The zero-order valence-electron chi connectivity index (χ0n) is 15.0. The molecule has 1 fully saturated rings. The van der Waals surface area contributed by atoms with Crippen LogP contribution >= 0.6 is 0 Å². The summed E-state index contributed by atoms with van der Waals surface area (Å²) in [4.78, 5) is 28.3. The highest BCUT2D eigenvalue weighted by atomic mass is 16.5. The van der Waals surface area contributed by atoms with E-state index in [0.29, 0.717) is 30.5 Å². The van der Waals surface area contributed by atoms with Gasteiger partial charge >= 0.3 is 0 Å². The van der Waals surface area contributed by atoms with Crippen LogP contribution in [0.25, 0.3) is 0 Å². The molecule has 7 nitrogen and oxygen atoms in total. The second kappa shape index (κ2) is 8.03. The summed E-state index contributed by atoms with van der Waals surface area (Å²) in [6.07, 6.45) is 3.77. The molecule has 26 heavy (non-hydrogen) atoms. The fraction of sp³-hybridized carbons (Fsp3) is 0.421. The molecule has 1 amide bonds. The van der Waals surface area contributed by atoms with Gasteiger partial charge in [0.2, 0.25) is 0 Å². The van der Waals surface area contributed by atoms with Crippen molar-refractivity contribution in [1.29, 1.82) is 0 Å². The molecule has 0 spiro atoms. The van der Waals surface area contributed by atoms with Crippen LogP contribution in [0.15, 0.2) is 35.4 Å². The monoisotopic (exact) mass is 357 g/mol. The molecule has 1 aromatic heterocycles. The van der Waals surface area contributed by atoms with Gasteiger partial charge in [0.1, 0.15) is 0 Å². The van der Waals surface area contributed by atoms with E-state index < -0.39 is 0 Å². The van der Waals surface area contributed by atoms with Crippen molar-refractivity contribution in [1.82, 2.24) is 14.9 Å². The fourth-order valence-corrected chi connectivity index (χ4v) is 2.61. The number of benzene rings is 1. The Labute approximate surface area is 152 Å².